The van der Waals surface area contributed by atoms with Gasteiger partial charge in [0.1, 0.15) is 11.5 Å². The van der Waals surface area contributed by atoms with E-state index in [1.54, 1.807) is 6.20 Å². The largest absolute Gasteiger partial charge is 0.341 e. The maximum absolute atomic E-state index is 13.3. The number of rotatable bonds is 4. The molecule has 31 heavy (non-hydrogen) atoms. The van der Waals surface area contributed by atoms with Gasteiger partial charge >= 0.3 is 0 Å². The first-order chi connectivity index (χ1) is 15.2. The van der Waals surface area contributed by atoms with E-state index in [9.17, 15) is 4.79 Å². The molecule has 6 heteroatoms. The molecule has 4 aromatic rings. The predicted molar refractivity (Wildman–Crippen MR) is 123 cm³/mol. The summed E-state index contributed by atoms with van der Waals surface area (Å²) in [7, 11) is 1.92. The zero-order valence-electron chi connectivity index (χ0n) is 17.8. The van der Waals surface area contributed by atoms with Gasteiger partial charge in [-0.15, -0.1) is 0 Å². The van der Waals surface area contributed by atoms with Crippen molar-refractivity contribution in [3.63, 3.8) is 0 Å². The third-order valence-electron chi connectivity index (χ3n) is 6.35. The maximum atomic E-state index is 13.3. The second-order valence-corrected chi connectivity index (χ2v) is 8.36. The second kappa shape index (κ2) is 8.47. The van der Waals surface area contributed by atoms with Crippen molar-refractivity contribution in [1.29, 1.82) is 0 Å². The van der Waals surface area contributed by atoms with Gasteiger partial charge in [0, 0.05) is 31.2 Å². The summed E-state index contributed by atoms with van der Waals surface area (Å²) in [4.78, 5) is 30.2. The molecule has 1 unspecified atom stereocenters. The number of amides is 1. The molecule has 1 aliphatic heterocycles. The number of H-pyrrole nitrogens is 1. The maximum Gasteiger partial charge on any atom is 0.273 e. The van der Waals surface area contributed by atoms with E-state index < -0.39 is 0 Å². The van der Waals surface area contributed by atoms with Gasteiger partial charge in [-0.2, -0.15) is 0 Å². The molecule has 1 fully saturated rings. The van der Waals surface area contributed by atoms with Crippen molar-refractivity contribution in [3.8, 4) is 0 Å². The number of likely N-dealkylation sites (tertiary alicyclic amines) is 1. The molecule has 0 aliphatic carbocycles. The lowest BCUT2D eigenvalue weighted by molar-refractivity contribution is 0.0713. The summed E-state index contributed by atoms with van der Waals surface area (Å²) in [6.07, 6.45) is 4.74. The van der Waals surface area contributed by atoms with E-state index in [1.165, 1.54) is 0 Å². The molecule has 5 rings (SSSR count). The van der Waals surface area contributed by atoms with Crippen LogP contribution in [0.25, 0.3) is 21.8 Å². The highest BCUT2D eigenvalue weighted by molar-refractivity contribution is 6.05. The molecule has 1 saturated heterocycles. The van der Waals surface area contributed by atoms with Gasteiger partial charge in [-0.05, 0) is 49.4 Å². The third kappa shape index (κ3) is 4.03. The summed E-state index contributed by atoms with van der Waals surface area (Å²) >= 11 is 0. The minimum absolute atomic E-state index is 0.00698. The summed E-state index contributed by atoms with van der Waals surface area (Å²) in [6, 6.07) is 18.3. The van der Waals surface area contributed by atoms with Crippen LogP contribution in [0.4, 0.5) is 0 Å². The molecule has 0 saturated carbocycles. The average Bonchev–Trinajstić information content (AvgIpc) is 3.07. The van der Waals surface area contributed by atoms with E-state index >= 15 is 0 Å². The Hall–Kier alpha value is -3.25. The van der Waals surface area contributed by atoms with Gasteiger partial charge < -0.3 is 9.88 Å². The highest BCUT2D eigenvalue weighted by atomic mass is 16.2. The molecule has 2 aromatic carbocycles. The van der Waals surface area contributed by atoms with Crippen molar-refractivity contribution in [2.24, 2.45) is 0 Å². The monoisotopic (exact) mass is 413 g/mol. The van der Waals surface area contributed by atoms with Crippen molar-refractivity contribution >= 4 is 27.7 Å². The summed E-state index contributed by atoms with van der Waals surface area (Å²) in [5, 5.41) is 1.97. The van der Waals surface area contributed by atoms with E-state index in [1.807, 2.05) is 60.5 Å². The van der Waals surface area contributed by atoms with Crippen LogP contribution in [0.15, 0.2) is 60.8 Å². The number of carbonyl (C=O) groups excluding carboxylic acids is 1. The van der Waals surface area contributed by atoms with Crippen LogP contribution < -0.4 is 0 Å². The topological polar surface area (TPSA) is 65.1 Å². The van der Waals surface area contributed by atoms with Gasteiger partial charge in [-0.1, -0.05) is 36.4 Å². The fourth-order valence-electron chi connectivity index (χ4n) is 4.60. The van der Waals surface area contributed by atoms with Crippen molar-refractivity contribution in [3.05, 3.63) is 72.3 Å². The van der Waals surface area contributed by atoms with Crippen LogP contribution in [0.5, 0.6) is 0 Å². The Morgan fingerprint density at radius 3 is 2.84 bits per heavy atom. The van der Waals surface area contributed by atoms with Crippen LogP contribution in [0.1, 0.15) is 35.6 Å². The molecule has 0 spiro atoms. The number of imidazole rings is 1. The number of nitrogens with one attached hydrogen (secondary N) is 1. The van der Waals surface area contributed by atoms with Gasteiger partial charge in [0.2, 0.25) is 0 Å². The Labute approximate surface area is 181 Å². The van der Waals surface area contributed by atoms with E-state index in [0.29, 0.717) is 5.69 Å². The van der Waals surface area contributed by atoms with E-state index in [0.717, 1.165) is 66.5 Å². The number of hydrogen-bond acceptors (Lipinski definition) is 4. The summed E-state index contributed by atoms with van der Waals surface area (Å²) in [6.45, 7) is 2.77. The number of benzene rings is 2. The summed E-state index contributed by atoms with van der Waals surface area (Å²) in [5.41, 5.74) is 2.64. The number of pyridine rings is 1. The fourth-order valence-corrected chi connectivity index (χ4v) is 4.60. The quantitative estimate of drug-likeness (QED) is 0.544. The van der Waals surface area contributed by atoms with Crippen molar-refractivity contribution in [2.45, 2.75) is 31.8 Å². The molecule has 6 nitrogen and oxygen atoms in total. The predicted octanol–water partition coefficient (Wildman–Crippen LogP) is 4.24. The highest BCUT2D eigenvalue weighted by Gasteiger charge is 2.26. The number of para-hydroxylation sites is 2. The molecule has 158 valence electrons. The van der Waals surface area contributed by atoms with E-state index in [4.69, 9.17) is 4.98 Å². The molecule has 0 radical (unpaired) electrons. The SMILES string of the molecule is CN(C(=O)c1nccc2ccccc12)C1CCCN(Cc2nc3ccccc3[nH]2)CC1. The Morgan fingerprint density at radius 1 is 1.10 bits per heavy atom. The van der Waals surface area contributed by atoms with Crippen molar-refractivity contribution in [2.75, 3.05) is 20.1 Å². The van der Waals surface area contributed by atoms with Crippen molar-refractivity contribution < 1.29 is 4.79 Å². The minimum Gasteiger partial charge on any atom is -0.341 e. The number of nitrogens with zero attached hydrogens (tertiary/aromatic N) is 4. The Bertz CT molecular complexity index is 1180. The first-order valence-electron chi connectivity index (χ1n) is 11.0. The molecule has 2 aromatic heterocycles. The molecular weight excluding hydrogens is 386 g/mol. The third-order valence-corrected chi connectivity index (χ3v) is 6.35. The molecular formula is C25H27N5O. The van der Waals surface area contributed by atoms with Gasteiger partial charge in [0.15, 0.2) is 0 Å². The summed E-state index contributed by atoms with van der Waals surface area (Å²) < 4.78 is 0. The zero-order valence-corrected chi connectivity index (χ0v) is 17.8. The molecule has 1 amide bonds. The fraction of sp³-hybridized carbons (Fsp3) is 0.320. The van der Waals surface area contributed by atoms with Gasteiger partial charge in [0.05, 0.1) is 17.6 Å². The molecule has 1 atom stereocenters. The van der Waals surface area contributed by atoms with Gasteiger partial charge in [0.25, 0.3) is 5.91 Å². The van der Waals surface area contributed by atoms with Gasteiger partial charge in [-0.3, -0.25) is 14.7 Å². The smallest absolute Gasteiger partial charge is 0.273 e. The standard InChI is InChI=1S/C25H27N5O/c1-29(25(31)24-20-9-3-2-7-18(20)12-14-26-24)19-8-6-15-30(16-13-19)17-23-27-21-10-4-5-11-22(21)28-23/h2-5,7,9-12,14,19H,6,8,13,15-17H2,1H3,(H,27,28). The van der Waals surface area contributed by atoms with Crippen LogP contribution in [0.2, 0.25) is 0 Å². The Balaban J connectivity index is 1.26. The van der Waals surface area contributed by atoms with Gasteiger partial charge in [-0.25, -0.2) is 4.98 Å². The zero-order chi connectivity index (χ0) is 21.2. The van der Waals surface area contributed by atoms with Crippen LogP contribution in [-0.2, 0) is 6.54 Å². The number of fused-ring (bicyclic) bond motifs is 2. The lowest BCUT2D eigenvalue weighted by Crippen LogP contribution is -2.38. The number of aromatic nitrogens is 3. The van der Waals surface area contributed by atoms with Crippen LogP contribution in [0.3, 0.4) is 0 Å². The van der Waals surface area contributed by atoms with Crippen molar-refractivity contribution in [1.82, 2.24) is 24.8 Å². The molecule has 3 heterocycles. The molecule has 0 bridgehead atoms. The highest BCUT2D eigenvalue weighted by Crippen LogP contribution is 2.22. The van der Waals surface area contributed by atoms with Crippen LogP contribution in [-0.4, -0.2) is 56.8 Å². The normalized spacial score (nSPS) is 17.6. The number of hydrogen-bond donors (Lipinski definition) is 1. The Kier molecular flexibility index (Phi) is 5.38. The molecule has 1 aliphatic rings. The number of aromatic amines is 1. The second-order valence-electron chi connectivity index (χ2n) is 8.36. The van der Waals surface area contributed by atoms with E-state index in [-0.39, 0.29) is 11.9 Å². The molecule has 1 N–H and O–H groups in total. The number of carbonyl (C=O) groups is 1. The Morgan fingerprint density at radius 2 is 1.94 bits per heavy atom. The minimum atomic E-state index is 0.00698. The average molecular weight is 414 g/mol. The lowest BCUT2D eigenvalue weighted by Gasteiger charge is -2.27. The summed E-state index contributed by atoms with van der Waals surface area (Å²) in [5.74, 6) is 1.01. The lowest BCUT2D eigenvalue weighted by atomic mass is 10.1. The first kappa shape index (κ1) is 19.7. The first-order valence-corrected chi connectivity index (χ1v) is 11.0. The van der Waals surface area contributed by atoms with Crippen LogP contribution in [0, 0.1) is 0 Å². The van der Waals surface area contributed by atoms with E-state index in [2.05, 4.69) is 20.9 Å². The van der Waals surface area contributed by atoms with Crippen LogP contribution >= 0.6 is 0 Å².